The van der Waals surface area contributed by atoms with Crippen molar-refractivity contribution >= 4 is 11.3 Å². The molecule has 2 N–H and O–H groups in total. The summed E-state index contributed by atoms with van der Waals surface area (Å²) in [6.45, 7) is 4.54. The Hall–Kier alpha value is -0.380. The molecule has 96 valence electrons. The van der Waals surface area contributed by atoms with Crippen LogP contribution in [0, 0.1) is 0 Å². The molecular formula is C14H23NOS. The van der Waals surface area contributed by atoms with E-state index >= 15 is 0 Å². The summed E-state index contributed by atoms with van der Waals surface area (Å²) in [5.74, 6) is 0. The molecule has 0 saturated carbocycles. The lowest BCUT2D eigenvalue weighted by molar-refractivity contribution is 0.230. The second kappa shape index (κ2) is 5.98. The van der Waals surface area contributed by atoms with Crippen LogP contribution in [0.5, 0.6) is 0 Å². The van der Waals surface area contributed by atoms with Crippen LogP contribution in [0.2, 0.25) is 0 Å². The Morgan fingerprint density at radius 2 is 2.18 bits per heavy atom. The van der Waals surface area contributed by atoms with Crippen LogP contribution in [-0.2, 0) is 12.8 Å². The van der Waals surface area contributed by atoms with Crippen LogP contribution in [-0.4, -0.2) is 17.8 Å². The predicted octanol–water partition coefficient (Wildman–Crippen LogP) is 3.05. The molecule has 0 aliphatic heterocycles. The van der Waals surface area contributed by atoms with Crippen LogP contribution in [0.3, 0.4) is 0 Å². The number of aliphatic hydroxyl groups is 1. The van der Waals surface area contributed by atoms with Gasteiger partial charge in [0.1, 0.15) is 0 Å². The first-order chi connectivity index (χ1) is 8.24. The monoisotopic (exact) mass is 253 g/mol. The number of thiophene rings is 1. The zero-order valence-electron chi connectivity index (χ0n) is 10.8. The maximum absolute atomic E-state index is 9.22. The van der Waals surface area contributed by atoms with Crippen molar-refractivity contribution in [2.24, 2.45) is 0 Å². The van der Waals surface area contributed by atoms with E-state index in [1.165, 1.54) is 30.6 Å². The van der Waals surface area contributed by atoms with Crippen molar-refractivity contribution < 1.29 is 5.11 Å². The lowest BCUT2D eigenvalue weighted by atomic mass is 9.99. The SMILES string of the molecule is CC[C@H](CO)NC(C)c1cc2c(s1)CCCC2. The second-order valence-electron chi connectivity index (χ2n) is 4.98. The number of rotatable bonds is 5. The highest BCUT2D eigenvalue weighted by Gasteiger charge is 2.17. The van der Waals surface area contributed by atoms with Gasteiger partial charge in [0.25, 0.3) is 0 Å². The molecule has 3 heteroatoms. The fourth-order valence-electron chi connectivity index (χ4n) is 2.46. The molecule has 2 atom stereocenters. The molecule has 1 aromatic rings. The van der Waals surface area contributed by atoms with Crippen LogP contribution >= 0.6 is 11.3 Å². The number of aliphatic hydroxyl groups excluding tert-OH is 1. The molecule has 1 heterocycles. The maximum Gasteiger partial charge on any atom is 0.0584 e. The smallest absolute Gasteiger partial charge is 0.0584 e. The van der Waals surface area contributed by atoms with Gasteiger partial charge in [-0.15, -0.1) is 11.3 Å². The van der Waals surface area contributed by atoms with E-state index in [1.807, 2.05) is 11.3 Å². The molecule has 17 heavy (non-hydrogen) atoms. The van der Waals surface area contributed by atoms with Gasteiger partial charge in [-0.25, -0.2) is 0 Å². The highest BCUT2D eigenvalue weighted by atomic mass is 32.1. The van der Waals surface area contributed by atoms with Crippen LogP contribution in [0.25, 0.3) is 0 Å². The molecule has 0 fully saturated rings. The first kappa shape index (κ1) is 13.1. The lowest BCUT2D eigenvalue weighted by Crippen LogP contribution is -2.33. The van der Waals surface area contributed by atoms with E-state index in [2.05, 4.69) is 25.2 Å². The highest BCUT2D eigenvalue weighted by Crippen LogP contribution is 2.32. The Balaban J connectivity index is 2.03. The van der Waals surface area contributed by atoms with Gasteiger partial charge in [-0.05, 0) is 50.7 Å². The minimum atomic E-state index is 0.226. The third kappa shape index (κ3) is 3.09. The van der Waals surface area contributed by atoms with E-state index in [0.717, 1.165) is 6.42 Å². The van der Waals surface area contributed by atoms with Gasteiger partial charge in [0, 0.05) is 21.8 Å². The number of fused-ring (bicyclic) bond motifs is 1. The van der Waals surface area contributed by atoms with E-state index in [4.69, 9.17) is 0 Å². The van der Waals surface area contributed by atoms with Gasteiger partial charge < -0.3 is 10.4 Å². The molecule has 0 saturated heterocycles. The van der Waals surface area contributed by atoms with Crippen molar-refractivity contribution in [3.63, 3.8) is 0 Å². The fourth-order valence-corrected chi connectivity index (χ4v) is 3.73. The molecule has 2 rings (SSSR count). The van der Waals surface area contributed by atoms with Gasteiger partial charge in [-0.3, -0.25) is 0 Å². The molecule has 0 spiro atoms. The number of hydrogen-bond acceptors (Lipinski definition) is 3. The minimum absolute atomic E-state index is 0.226. The zero-order chi connectivity index (χ0) is 12.3. The topological polar surface area (TPSA) is 32.3 Å². The fraction of sp³-hybridized carbons (Fsp3) is 0.714. The zero-order valence-corrected chi connectivity index (χ0v) is 11.6. The third-order valence-corrected chi connectivity index (χ3v) is 5.06. The summed E-state index contributed by atoms with van der Waals surface area (Å²) >= 11 is 1.96. The van der Waals surface area contributed by atoms with Gasteiger partial charge in [0.2, 0.25) is 0 Å². The Labute approximate surface area is 108 Å². The summed E-state index contributed by atoms with van der Waals surface area (Å²) in [4.78, 5) is 3.03. The number of hydrogen-bond donors (Lipinski definition) is 2. The molecule has 0 amide bonds. The van der Waals surface area contributed by atoms with Gasteiger partial charge >= 0.3 is 0 Å². The van der Waals surface area contributed by atoms with Crippen LogP contribution in [0.15, 0.2) is 6.07 Å². The van der Waals surface area contributed by atoms with Gasteiger partial charge in [0.05, 0.1) is 6.61 Å². The Bertz CT molecular complexity index is 334. The van der Waals surface area contributed by atoms with Gasteiger partial charge in [-0.1, -0.05) is 6.92 Å². The molecule has 2 nitrogen and oxygen atoms in total. The van der Waals surface area contributed by atoms with E-state index in [9.17, 15) is 5.11 Å². The quantitative estimate of drug-likeness (QED) is 0.845. The molecular weight excluding hydrogens is 230 g/mol. The van der Waals surface area contributed by atoms with Crippen molar-refractivity contribution in [2.75, 3.05) is 6.61 Å². The predicted molar refractivity (Wildman–Crippen MR) is 73.7 cm³/mol. The standard InChI is InChI=1S/C14H23NOS/c1-3-12(9-16)15-10(2)14-8-11-6-4-5-7-13(11)17-14/h8,10,12,15-16H,3-7,9H2,1-2H3/t10?,12-/m1/s1. The summed E-state index contributed by atoms with van der Waals surface area (Å²) in [5, 5.41) is 12.7. The van der Waals surface area contributed by atoms with Crippen molar-refractivity contribution in [3.05, 3.63) is 21.4 Å². The Kier molecular flexibility index (Phi) is 4.60. The molecule has 1 aliphatic carbocycles. The molecule has 1 unspecified atom stereocenters. The first-order valence-electron chi connectivity index (χ1n) is 6.73. The summed E-state index contributed by atoms with van der Waals surface area (Å²) in [6, 6.07) is 2.97. The largest absolute Gasteiger partial charge is 0.395 e. The van der Waals surface area contributed by atoms with Crippen molar-refractivity contribution in [1.82, 2.24) is 5.32 Å². The minimum Gasteiger partial charge on any atom is -0.395 e. The molecule has 1 aliphatic rings. The van der Waals surface area contributed by atoms with Crippen molar-refractivity contribution in [1.29, 1.82) is 0 Å². The lowest BCUT2D eigenvalue weighted by Gasteiger charge is -2.19. The molecule has 0 bridgehead atoms. The molecule has 0 radical (unpaired) electrons. The Morgan fingerprint density at radius 3 is 2.82 bits per heavy atom. The first-order valence-corrected chi connectivity index (χ1v) is 7.54. The third-order valence-electron chi connectivity index (χ3n) is 3.64. The van der Waals surface area contributed by atoms with Crippen LogP contribution < -0.4 is 5.32 Å². The van der Waals surface area contributed by atoms with E-state index in [1.54, 1.807) is 10.4 Å². The van der Waals surface area contributed by atoms with E-state index in [-0.39, 0.29) is 12.6 Å². The molecule has 0 aromatic carbocycles. The summed E-state index contributed by atoms with van der Waals surface area (Å²) < 4.78 is 0. The normalized spacial score (nSPS) is 18.8. The van der Waals surface area contributed by atoms with Crippen LogP contribution in [0.4, 0.5) is 0 Å². The van der Waals surface area contributed by atoms with Gasteiger partial charge in [0.15, 0.2) is 0 Å². The Morgan fingerprint density at radius 1 is 1.41 bits per heavy atom. The van der Waals surface area contributed by atoms with Crippen molar-refractivity contribution in [3.8, 4) is 0 Å². The van der Waals surface area contributed by atoms with Crippen molar-refractivity contribution in [2.45, 2.75) is 58.0 Å². The summed E-state index contributed by atoms with van der Waals surface area (Å²) in [5.41, 5.74) is 1.57. The second-order valence-corrected chi connectivity index (χ2v) is 6.15. The summed E-state index contributed by atoms with van der Waals surface area (Å²) in [6.07, 6.45) is 6.20. The number of nitrogens with one attached hydrogen (secondary N) is 1. The highest BCUT2D eigenvalue weighted by molar-refractivity contribution is 7.12. The van der Waals surface area contributed by atoms with E-state index < -0.39 is 0 Å². The van der Waals surface area contributed by atoms with E-state index in [0.29, 0.717) is 6.04 Å². The summed E-state index contributed by atoms with van der Waals surface area (Å²) in [7, 11) is 0. The van der Waals surface area contributed by atoms with Crippen LogP contribution in [0.1, 0.15) is 54.5 Å². The average Bonchev–Trinajstić information content (AvgIpc) is 2.79. The average molecular weight is 253 g/mol. The molecule has 1 aromatic heterocycles. The maximum atomic E-state index is 9.22. The van der Waals surface area contributed by atoms with Gasteiger partial charge in [-0.2, -0.15) is 0 Å². The number of aryl methyl sites for hydroxylation is 2.